The summed E-state index contributed by atoms with van der Waals surface area (Å²) in [7, 11) is 1.65. The van der Waals surface area contributed by atoms with Crippen molar-refractivity contribution in [3.05, 3.63) is 28.2 Å². The first-order chi connectivity index (χ1) is 9.08. The molecule has 1 aromatic rings. The molecule has 2 N–H and O–H groups in total. The van der Waals surface area contributed by atoms with Gasteiger partial charge in [-0.15, -0.1) is 0 Å². The zero-order chi connectivity index (χ0) is 14.3. The zero-order valence-corrected chi connectivity index (χ0v) is 12.9. The van der Waals surface area contributed by atoms with Gasteiger partial charge in [0.25, 0.3) is 0 Å². The minimum atomic E-state index is -0.741. The summed E-state index contributed by atoms with van der Waals surface area (Å²) in [6, 6.07) is 5.88. The van der Waals surface area contributed by atoms with Crippen LogP contribution in [0, 0.1) is 5.92 Å². The van der Waals surface area contributed by atoms with E-state index in [4.69, 9.17) is 9.84 Å². The molecule has 0 spiro atoms. The smallest absolute Gasteiger partial charge is 0.307 e. The number of ether oxygens (including phenoxy) is 1. The molecule has 5 heteroatoms. The molecule has 1 unspecified atom stereocenters. The maximum absolute atomic E-state index is 10.9. The van der Waals surface area contributed by atoms with E-state index in [2.05, 4.69) is 21.2 Å². The van der Waals surface area contributed by atoms with Gasteiger partial charge < -0.3 is 15.2 Å². The lowest BCUT2D eigenvalue weighted by Gasteiger charge is -2.12. The summed E-state index contributed by atoms with van der Waals surface area (Å²) in [6.07, 6.45) is 1.45. The van der Waals surface area contributed by atoms with Crippen molar-refractivity contribution in [1.29, 1.82) is 0 Å². The van der Waals surface area contributed by atoms with Gasteiger partial charge in [-0.2, -0.15) is 0 Å². The van der Waals surface area contributed by atoms with Crippen LogP contribution in [0.3, 0.4) is 0 Å². The molecule has 0 aromatic heterocycles. The fourth-order valence-corrected chi connectivity index (χ4v) is 2.26. The first kappa shape index (κ1) is 16.0. The van der Waals surface area contributed by atoms with Crippen LogP contribution in [0.1, 0.15) is 18.9 Å². The molecule has 4 nitrogen and oxygen atoms in total. The molecule has 0 heterocycles. The molecule has 1 atom stereocenters. The van der Waals surface area contributed by atoms with Crippen LogP contribution < -0.4 is 10.1 Å². The number of methoxy groups -OCH3 is 1. The lowest BCUT2D eigenvalue weighted by molar-refractivity contribution is -0.141. The second kappa shape index (κ2) is 8.17. The van der Waals surface area contributed by atoms with Crippen LogP contribution in [0.25, 0.3) is 0 Å². The largest absolute Gasteiger partial charge is 0.496 e. The predicted molar refractivity (Wildman–Crippen MR) is 78.7 cm³/mol. The summed E-state index contributed by atoms with van der Waals surface area (Å²) >= 11 is 3.43. The van der Waals surface area contributed by atoms with Gasteiger partial charge in [0.1, 0.15) is 5.75 Å². The summed E-state index contributed by atoms with van der Waals surface area (Å²) in [5.41, 5.74) is 1.10. The van der Waals surface area contributed by atoms with E-state index in [0.29, 0.717) is 13.0 Å². The maximum Gasteiger partial charge on any atom is 0.307 e. The number of hydrogen-bond donors (Lipinski definition) is 2. The second-order valence-electron chi connectivity index (χ2n) is 4.35. The van der Waals surface area contributed by atoms with Crippen LogP contribution in [-0.4, -0.2) is 31.3 Å². The van der Waals surface area contributed by atoms with Gasteiger partial charge in [-0.25, -0.2) is 0 Å². The number of carboxylic acids is 1. The van der Waals surface area contributed by atoms with Crippen molar-refractivity contribution in [2.75, 3.05) is 20.2 Å². The molecule has 106 valence electrons. The molecule has 1 aromatic carbocycles. The van der Waals surface area contributed by atoms with Crippen molar-refractivity contribution in [3.63, 3.8) is 0 Å². The molecule has 0 amide bonds. The maximum atomic E-state index is 10.9. The minimum absolute atomic E-state index is 0.315. The van der Waals surface area contributed by atoms with Crippen LogP contribution in [0.15, 0.2) is 22.7 Å². The van der Waals surface area contributed by atoms with E-state index in [1.807, 2.05) is 25.1 Å². The zero-order valence-electron chi connectivity index (χ0n) is 11.3. The number of hydrogen-bond acceptors (Lipinski definition) is 3. The number of aliphatic carboxylic acids is 1. The standard InChI is InChI=1S/C14H20BrNO3/c1-3-10(14(17)18)9-16-7-6-11-8-12(15)4-5-13(11)19-2/h4-5,8,10,16H,3,6-7,9H2,1-2H3,(H,17,18). The Labute approximate surface area is 122 Å². The van der Waals surface area contributed by atoms with E-state index in [1.165, 1.54) is 0 Å². The van der Waals surface area contributed by atoms with Crippen LogP contribution in [0.4, 0.5) is 0 Å². The van der Waals surface area contributed by atoms with E-state index in [9.17, 15) is 4.79 Å². The van der Waals surface area contributed by atoms with Gasteiger partial charge in [-0.1, -0.05) is 22.9 Å². The number of halogens is 1. The third kappa shape index (κ3) is 5.20. The van der Waals surface area contributed by atoms with Crippen molar-refractivity contribution >= 4 is 21.9 Å². The number of carboxylic acid groups (broad SMARTS) is 1. The van der Waals surface area contributed by atoms with Crippen LogP contribution in [0.2, 0.25) is 0 Å². The highest BCUT2D eigenvalue weighted by Crippen LogP contribution is 2.23. The topological polar surface area (TPSA) is 58.6 Å². The highest BCUT2D eigenvalue weighted by molar-refractivity contribution is 9.10. The van der Waals surface area contributed by atoms with Gasteiger partial charge in [0.15, 0.2) is 0 Å². The second-order valence-corrected chi connectivity index (χ2v) is 5.27. The summed E-state index contributed by atoms with van der Waals surface area (Å²) < 4.78 is 6.31. The van der Waals surface area contributed by atoms with E-state index in [-0.39, 0.29) is 5.92 Å². The Morgan fingerprint density at radius 3 is 2.84 bits per heavy atom. The number of benzene rings is 1. The monoisotopic (exact) mass is 329 g/mol. The van der Waals surface area contributed by atoms with E-state index >= 15 is 0 Å². The Hall–Kier alpha value is -1.07. The highest BCUT2D eigenvalue weighted by Gasteiger charge is 2.13. The predicted octanol–water partition coefficient (Wildman–Crippen LogP) is 2.70. The van der Waals surface area contributed by atoms with E-state index in [0.717, 1.165) is 28.8 Å². The highest BCUT2D eigenvalue weighted by atomic mass is 79.9. The number of carbonyl (C=O) groups is 1. The molecular formula is C14H20BrNO3. The molecule has 0 saturated carbocycles. The third-order valence-corrected chi connectivity index (χ3v) is 3.54. The van der Waals surface area contributed by atoms with E-state index < -0.39 is 5.97 Å². The van der Waals surface area contributed by atoms with Crippen molar-refractivity contribution < 1.29 is 14.6 Å². The molecule has 0 saturated heterocycles. The fourth-order valence-electron chi connectivity index (χ4n) is 1.85. The van der Waals surface area contributed by atoms with Crippen LogP contribution in [0.5, 0.6) is 5.75 Å². The van der Waals surface area contributed by atoms with Crippen LogP contribution in [-0.2, 0) is 11.2 Å². The van der Waals surface area contributed by atoms with E-state index in [1.54, 1.807) is 7.11 Å². The Morgan fingerprint density at radius 2 is 2.26 bits per heavy atom. The molecule has 19 heavy (non-hydrogen) atoms. The first-order valence-electron chi connectivity index (χ1n) is 6.34. The minimum Gasteiger partial charge on any atom is -0.496 e. The van der Waals surface area contributed by atoms with Gasteiger partial charge in [0.2, 0.25) is 0 Å². The van der Waals surface area contributed by atoms with Gasteiger partial charge in [-0.3, -0.25) is 4.79 Å². The third-order valence-electron chi connectivity index (χ3n) is 3.05. The average Bonchev–Trinajstić information content (AvgIpc) is 2.38. The molecule has 0 fully saturated rings. The van der Waals surface area contributed by atoms with Crippen molar-refractivity contribution in [2.45, 2.75) is 19.8 Å². The SMILES string of the molecule is CCC(CNCCc1cc(Br)ccc1OC)C(=O)O. The Kier molecular flexibility index (Phi) is 6.87. The van der Waals surface area contributed by atoms with Crippen LogP contribution >= 0.6 is 15.9 Å². The van der Waals surface area contributed by atoms with Gasteiger partial charge in [0, 0.05) is 11.0 Å². The summed E-state index contributed by atoms with van der Waals surface area (Å²) in [5.74, 6) is -0.199. The lowest BCUT2D eigenvalue weighted by Crippen LogP contribution is -2.29. The van der Waals surface area contributed by atoms with Crippen molar-refractivity contribution in [1.82, 2.24) is 5.32 Å². The molecular weight excluding hydrogens is 310 g/mol. The molecule has 0 aliphatic rings. The molecule has 0 aliphatic carbocycles. The van der Waals surface area contributed by atoms with Gasteiger partial charge >= 0.3 is 5.97 Å². The van der Waals surface area contributed by atoms with Gasteiger partial charge in [-0.05, 0) is 43.1 Å². The Morgan fingerprint density at radius 1 is 1.53 bits per heavy atom. The lowest BCUT2D eigenvalue weighted by atomic mass is 10.1. The molecule has 0 bridgehead atoms. The molecule has 1 rings (SSSR count). The van der Waals surface area contributed by atoms with Crippen molar-refractivity contribution in [2.24, 2.45) is 5.92 Å². The molecule has 0 aliphatic heterocycles. The number of nitrogens with one attached hydrogen (secondary N) is 1. The average molecular weight is 330 g/mol. The summed E-state index contributed by atoms with van der Waals surface area (Å²) in [5, 5.41) is 12.1. The normalized spacial score (nSPS) is 12.2. The fraction of sp³-hybridized carbons (Fsp3) is 0.500. The van der Waals surface area contributed by atoms with Crippen molar-refractivity contribution in [3.8, 4) is 5.75 Å². The Bertz CT molecular complexity index is 423. The summed E-state index contributed by atoms with van der Waals surface area (Å²) in [4.78, 5) is 10.9. The Balaban J connectivity index is 2.45. The first-order valence-corrected chi connectivity index (χ1v) is 7.13. The molecule has 0 radical (unpaired) electrons. The quantitative estimate of drug-likeness (QED) is 0.720. The van der Waals surface area contributed by atoms with Gasteiger partial charge in [0.05, 0.1) is 13.0 Å². The number of rotatable bonds is 8. The summed E-state index contributed by atoms with van der Waals surface area (Å²) in [6.45, 7) is 3.12.